The molecule has 0 saturated carbocycles. The molecule has 0 heterocycles. The Morgan fingerprint density at radius 1 is 1.31 bits per heavy atom. The molecule has 0 fully saturated rings. The normalized spacial score (nSPS) is 21.8. The van der Waals surface area contributed by atoms with Crippen molar-refractivity contribution in [3.8, 4) is 0 Å². The molecular formula is C13H20O3. The van der Waals surface area contributed by atoms with Crippen LogP contribution in [0, 0.1) is 0 Å². The third kappa shape index (κ3) is 4.51. The Morgan fingerprint density at radius 3 is 2.69 bits per heavy atom. The zero-order chi connectivity index (χ0) is 11.8. The summed E-state index contributed by atoms with van der Waals surface area (Å²) in [6.07, 6.45) is 7.52. The molecule has 0 aromatic heterocycles. The average Bonchev–Trinajstić information content (AvgIpc) is 2.26. The van der Waals surface area contributed by atoms with Crippen molar-refractivity contribution in [1.82, 2.24) is 0 Å². The molecule has 0 aliphatic heterocycles. The fourth-order valence-electron chi connectivity index (χ4n) is 1.78. The summed E-state index contributed by atoms with van der Waals surface area (Å²) in [6, 6.07) is 0. The van der Waals surface area contributed by atoms with Gasteiger partial charge in [0.15, 0.2) is 0 Å². The molecular weight excluding hydrogens is 204 g/mol. The molecule has 3 heteroatoms. The molecule has 0 unspecified atom stereocenters. The molecule has 0 radical (unpaired) electrons. The van der Waals surface area contributed by atoms with Crippen LogP contribution in [0.5, 0.6) is 0 Å². The molecule has 0 aromatic rings. The summed E-state index contributed by atoms with van der Waals surface area (Å²) in [5, 5.41) is 0. The third-order valence-corrected chi connectivity index (χ3v) is 2.71. The minimum Gasteiger partial charge on any atom is -0.430 e. The van der Waals surface area contributed by atoms with Crippen molar-refractivity contribution in [3.63, 3.8) is 0 Å². The van der Waals surface area contributed by atoms with Gasteiger partial charge in [0.25, 0.3) is 0 Å². The summed E-state index contributed by atoms with van der Waals surface area (Å²) in [7, 11) is 0. The highest BCUT2D eigenvalue weighted by molar-refractivity contribution is 5.61. The van der Waals surface area contributed by atoms with Crippen LogP contribution in [-0.2, 0) is 9.47 Å². The van der Waals surface area contributed by atoms with Gasteiger partial charge in [-0.25, -0.2) is 4.79 Å². The first kappa shape index (κ1) is 12.8. The minimum absolute atomic E-state index is 0.200. The molecule has 1 aliphatic carbocycles. The monoisotopic (exact) mass is 224 g/mol. The van der Waals surface area contributed by atoms with Gasteiger partial charge in [-0.1, -0.05) is 25.5 Å². The van der Waals surface area contributed by atoms with Crippen molar-refractivity contribution in [2.24, 2.45) is 0 Å². The predicted molar refractivity (Wildman–Crippen MR) is 63.0 cm³/mol. The van der Waals surface area contributed by atoms with Crippen LogP contribution in [0.4, 0.5) is 4.79 Å². The van der Waals surface area contributed by atoms with E-state index in [4.69, 9.17) is 9.47 Å². The molecule has 0 saturated heterocycles. The summed E-state index contributed by atoms with van der Waals surface area (Å²) >= 11 is 0. The number of rotatable bonds is 3. The van der Waals surface area contributed by atoms with Gasteiger partial charge in [0, 0.05) is 6.42 Å². The number of ether oxygens (including phenoxy) is 2. The molecule has 0 atom stereocenters. The summed E-state index contributed by atoms with van der Waals surface area (Å²) < 4.78 is 10.0. The van der Waals surface area contributed by atoms with Crippen LogP contribution in [0.1, 0.15) is 45.4 Å². The highest BCUT2D eigenvalue weighted by atomic mass is 16.7. The van der Waals surface area contributed by atoms with Crippen molar-refractivity contribution < 1.29 is 14.3 Å². The van der Waals surface area contributed by atoms with Crippen LogP contribution < -0.4 is 0 Å². The summed E-state index contributed by atoms with van der Waals surface area (Å²) in [4.78, 5) is 11.3. The van der Waals surface area contributed by atoms with E-state index in [0.29, 0.717) is 0 Å². The van der Waals surface area contributed by atoms with E-state index in [-0.39, 0.29) is 6.61 Å². The van der Waals surface area contributed by atoms with Gasteiger partial charge >= 0.3 is 6.16 Å². The number of hydrogen-bond donors (Lipinski definition) is 0. The Morgan fingerprint density at radius 2 is 2.00 bits per heavy atom. The van der Waals surface area contributed by atoms with Crippen LogP contribution in [0.2, 0.25) is 0 Å². The van der Waals surface area contributed by atoms with Crippen molar-refractivity contribution in [2.45, 2.75) is 45.4 Å². The highest BCUT2D eigenvalue weighted by Gasteiger charge is 2.13. The fourth-order valence-corrected chi connectivity index (χ4v) is 1.78. The summed E-state index contributed by atoms with van der Waals surface area (Å²) in [6.45, 7) is 5.71. The van der Waals surface area contributed by atoms with E-state index in [1.54, 1.807) is 0 Å². The molecule has 0 N–H and O–H groups in total. The van der Waals surface area contributed by atoms with Gasteiger partial charge in [-0.3, -0.25) is 0 Å². The Bertz CT molecular complexity index is 279. The number of carbonyl (C=O) groups excluding carboxylic acids is 1. The maximum absolute atomic E-state index is 11.3. The number of carbonyl (C=O) groups is 1. The lowest BCUT2D eigenvalue weighted by Gasteiger charge is -2.15. The lowest BCUT2D eigenvalue weighted by molar-refractivity contribution is 0.0826. The van der Waals surface area contributed by atoms with Crippen LogP contribution >= 0.6 is 0 Å². The maximum Gasteiger partial charge on any atom is 0.513 e. The van der Waals surface area contributed by atoms with Gasteiger partial charge < -0.3 is 9.47 Å². The van der Waals surface area contributed by atoms with Gasteiger partial charge in [0.2, 0.25) is 0 Å². The van der Waals surface area contributed by atoms with E-state index in [1.807, 2.05) is 6.92 Å². The standard InChI is InChI=1S/C13H20O3/c1-3-10-15-13(14)16-12-9-7-5-4-6-8-11(12)2/h3H,1,4-10H2,2H3/b12-11+. The van der Waals surface area contributed by atoms with E-state index in [0.717, 1.165) is 25.0 Å². The first-order valence-electron chi connectivity index (χ1n) is 5.88. The topological polar surface area (TPSA) is 35.5 Å². The van der Waals surface area contributed by atoms with E-state index in [2.05, 4.69) is 6.58 Å². The molecule has 0 bridgehead atoms. The van der Waals surface area contributed by atoms with Crippen molar-refractivity contribution in [1.29, 1.82) is 0 Å². The molecule has 3 nitrogen and oxygen atoms in total. The summed E-state index contributed by atoms with van der Waals surface area (Å²) in [5.74, 6) is 0.800. The first-order valence-corrected chi connectivity index (χ1v) is 5.88. The van der Waals surface area contributed by atoms with E-state index < -0.39 is 6.16 Å². The van der Waals surface area contributed by atoms with E-state index in [1.165, 1.54) is 30.9 Å². The van der Waals surface area contributed by atoms with Crippen molar-refractivity contribution in [3.05, 3.63) is 24.0 Å². The smallest absolute Gasteiger partial charge is 0.430 e. The molecule has 16 heavy (non-hydrogen) atoms. The largest absolute Gasteiger partial charge is 0.513 e. The number of hydrogen-bond acceptors (Lipinski definition) is 3. The Balaban J connectivity index is 2.50. The SMILES string of the molecule is C=CCOC(=O)O/C1=C(\C)CCCCCC1. The average molecular weight is 224 g/mol. The zero-order valence-corrected chi connectivity index (χ0v) is 9.96. The van der Waals surface area contributed by atoms with Gasteiger partial charge in [-0.2, -0.15) is 0 Å². The van der Waals surface area contributed by atoms with Crippen LogP contribution in [0.3, 0.4) is 0 Å². The van der Waals surface area contributed by atoms with Gasteiger partial charge in [-0.15, -0.1) is 0 Å². The third-order valence-electron chi connectivity index (χ3n) is 2.71. The first-order chi connectivity index (χ1) is 7.74. The Labute approximate surface area is 97.1 Å². The molecule has 1 aliphatic rings. The second kappa shape index (κ2) is 7.09. The van der Waals surface area contributed by atoms with Crippen molar-refractivity contribution >= 4 is 6.16 Å². The maximum atomic E-state index is 11.3. The molecule has 1 rings (SSSR count). The Kier molecular flexibility index (Phi) is 5.68. The van der Waals surface area contributed by atoms with Gasteiger partial charge in [0.05, 0.1) is 0 Å². The van der Waals surface area contributed by atoms with Crippen LogP contribution in [0.15, 0.2) is 24.0 Å². The molecule has 0 amide bonds. The second-order valence-electron chi connectivity index (χ2n) is 4.07. The summed E-state index contributed by atoms with van der Waals surface area (Å²) in [5.41, 5.74) is 1.18. The molecule has 0 spiro atoms. The predicted octanol–water partition coefficient (Wildman–Crippen LogP) is 3.95. The molecule has 90 valence electrons. The highest BCUT2D eigenvalue weighted by Crippen LogP contribution is 2.23. The van der Waals surface area contributed by atoms with Gasteiger partial charge in [-0.05, 0) is 31.8 Å². The molecule has 0 aromatic carbocycles. The lowest BCUT2D eigenvalue weighted by Crippen LogP contribution is -2.09. The van der Waals surface area contributed by atoms with Gasteiger partial charge in [0.1, 0.15) is 12.4 Å². The van der Waals surface area contributed by atoms with E-state index in [9.17, 15) is 4.79 Å². The van der Waals surface area contributed by atoms with Crippen LogP contribution in [0.25, 0.3) is 0 Å². The fraction of sp³-hybridized carbons (Fsp3) is 0.615. The zero-order valence-electron chi connectivity index (χ0n) is 9.96. The quantitative estimate of drug-likeness (QED) is 0.537. The van der Waals surface area contributed by atoms with E-state index >= 15 is 0 Å². The van der Waals surface area contributed by atoms with Crippen LogP contribution in [-0.4, -0.2) is 12.8 Å². The Hall–Kier alpha value is -1.25. The minimum atomic E-state index is -0.616. The lowest BCUT2D eigenvalue weighted by atomic mass is 10.00. The second-order valence-corrected chi connectivity index (χ2v) is 4.07. The number of allylic oxidation sites excluding steroid dienone is 2. The van der Waals surface area contributed by atoms with Crippen molar-refractivity contribution in [2.75, 3.05) is 6.61 Å².